The number of Topliss-reactive ketones (excluding diaryl/α,β-unsaturated/α-hetero) is 2. The van der Waals surface area contributed by atoms with Crippen LogP contribution in [0.25, 0.3) is 0 Å². The molecule has 0 bridgehead atoms. The minimum absolute atomic E-state index is 0.00749. The number of amides is 1. The summed E-state index contributed by atoms with van der Waals surface area (Å²) in [6.45, 7) is 3.07. The SMILES string of the molecule is CC/C=C\[C@H](O)[C@H](O)C1=C(C)C(=O)[C@]2(O1)C(=O)N[C@@](O)(C(=O)c1ccccc1)[C@H]2O. The van der Waals surface area contributed by atoms with Gasteiger partial charge in [-0.2, -0.15) is 0 Å². The zero-order valence-corrected chi connectivity index (χ0v) is 16.4. The molecule has 160 valence electrons. The minimum Gasteiger partial charge on any atom is -0.467 e. The minimum atomic E-state index is -2.82. The second-order valence-corrected chi connectivity index (χ2v) is 7.25. The standard InChI is InChI=1S/C21H23NO8/c1-3-4-10-13(23)14(24)15-11(2)16(25)20(30-15)18(27)21(29,22-19(20)28)17(26)12-8-6-5-7-9-12/h4-10,13-14,18,23-24,27,29H,3H2,1-2H3,(H,22,28)/b10-4-/t13-,14-,18-,20+,21+/m0/s1. The Bertz CT molecular complexity index is 940. The van der Waals surface area contributed by atoms with Gasteiger partial charge in [-0.1, -0.05) is 49.4 Å². The molecule has 2 heterocycles. The van der Waals surface area contributed by atoms with E-state index < -0.39 is 52.9 Å². The second kappa shape index (κ2) is 7.77. The molecule has 1 aromatic rings. The molecule has 0 radical (unpaired) electrons. The predicted molar refractivity (Wildman–Crippen MR) is 103 cm³/mol. The maximum atomic E-state index is 12.9. The van der Waals surface area contributed by atoms with E-state index in [1.807, 2.05) is 12.2 Å². The highest BCUT2D eigenvalue weighted by Gasteiger charge is 2.73. The molecule has 1 saturated heterocycles. The number of benzene rings is 1. The van der Waals surface area contributed by atoms with Crippen LogP contribution in [0.2, 0.25) is 0 Å². The highest BCUT2D eigenvalue weighted by Crippen LogP contribution is 2.43. The Kier molecular flexibility index (Phi) is 5.66. The molecule has 1 aromatic carbocycles. The van der Waals surface area contributed by atoms with Crippen molar-refractivity contribution in [3.8, 4) is 0 Å². The number of aliphatic hydroxyl groups is 4. The highest BCUT2D eigenvalue weighted by atomic mass is 16.6. The van der Waals surface area contributed by atoms with Crippen LogP contribution in [0.3, 0.4) is 0 Å². The van der Waals surface area contributed by atoms with E-state index >= 15 is 0 Å². The summed E-state index contributed by atoms with van der Waals surface area (Å²) < 4.78 is 5.42. The van der Waals surface area contributed by atoms with Crippen LogP contribution in [0.4, 0.5) is 0 Å². The average Bonchev–Trinajstić information content (AvgIpc) is 3.13. The summed E-state index contributed by atoms with van der Waals surface area (Å²) in [5, 5.41) is 44.1. The van der Waals surface area contributed by atoms with Gasteiger partial charge in [-0.05, 0) is 13.3 Å². The van der Waals surface area contributed by atoms with Gasteiger partial charge in [0.15, 0.2) is 6.10 Å². The van der Waals surface area contributed by atoms with Crippen molar-refractivity contribution in [2.75, 3.05) is 0 Å². The molecule has 3 rings (SSSR count). The van der Waals surface area contributed by atoms with Crippen LogP contribution in [0.15, 0.2) is 53.8 Å². The van der Waals surface area contributed by atoms with Crippen LogP contribution in [0.5, 0.6) is 0 Å². The maximum Gasteiger partial charge on any atom is 0.278 e. The van der Waals surface area contributed by atoms with E-state index in [0.717, 1.165) is 0 Å². The quantitative estimate of drug-likeness (QED) is 0.232. The molecular formula is C21H23NO8. The van der Waals surface area contributed by atoms with E-state index in [1.165, 1.54) is 37.3 Å². The van der Waals surface area contributed by atoms with Crippen LogP contribution in [0, 0.1) is 0 Å². The third-order valence-electron chi connectivity index (χ3n) is 5.28. The number of nitrogens with one attached hydrogen (secondary N) is 1. The average molecular weight is 417 g/mol. The maximum absolute atomic E-state index is 12.9. The van der Waals surface area contributed by atoms with Crippen molar-refractivity contribution >= 4 is 17.5 Å². The fraction of sp³-hybridized carbons (Fsp3) is 0.381. The highest BCUT2D eigenvalue weighted by molar-refractivity contribution is 6.23. The lowest BCUT2D eigenvalue weighted by molar-refractivity contribution is -0.161. The molecule has 2 aliphatic rings. The van der Waals surface area contributed by atoms with Crippen molar-refractivity contribution in [2.24, 2.45) is 0 Å². The first kappa shape index (κ1) is 21.8. The molecule has 0 unspecified atom stereocenters. The predicted octanol–water partition coefficient (Wildman–Crippen LogP) is -0.651. The van der Waals surface area contributed by atoms with Gasteiger partial charge in [-0.15, -0.1) is 0 Å². The topological polar surface area (TPSA) is 153 Å². The molecule has 9 heteroatoms. The number of aliphatic hydroxyl groups excluding tert-OH is 3. The van der Waals surface area contributed by atoms with Gasteiger partial charge in [-0.25, -0.2) is 0 Å². The molecule has 30 heavy (non-hydrogen) atoms. The normalized spacial score (nSPS) is 30.7. The number of hydrogen-bond acceptors (Lipinski definition) is 8. The Morgan fingerprint density at radius 2 is 1.90 bits per heavy atom. The molecule has 1 amide bonds. The van der Waals surface area contributed by atoms with E-state index in [4.69, 9.17) is 4.74 Å². The molecule has 5 atom stereocenters. The van der Waals surface area contributed by atoms with E-state index in [1.54, 1.807) is 12.1 Å². The lowest BCUT2D eigenvalue weighted by Crippen LogP contribution is -2.59. The Labute approximate surface area is 172 Å². The Morgan fingerprint density at radius 1 is 1.27 bits per heavy atom. The van der Waals surface area contributed by atoms with Crippen molar-refractivity contribution in [3.63, 3.8) is 0 Å². The molecule has 2 aliphatic heterocycles. The van der Waals surface area contributed by atoms with Crippen LogP contribution in [-0.4, -0.2) is 67.5 Å². The van der Waals surface area contributed by atoms with Crippen LogP contribution in [0.1, 0.15) is 30.6 Å². The molecule has 0 aliphatic carbocycles. The molecule has 1 fully saturated rings. The van der Waals surface area contributed by atoms with E-state index in [2.05, 4.69) is 0 Å². The van der Waals surface area contributed by atoms with Gasteiger partial charge in [0.25, 0.3) is 11.5 Å². The third-order valence-corrected chi connectivity index (χ3v) is 5.28. The van der Waals surface area contributed by atoms with E-state index in [0.29, 0.717) is 6.42 Å². The van der Waals surface area contributed by atoms with E-state index in [9.17, 15) is 34.8 Å². The zero-order chi connectivity index (χ0) is 22.3. The summed E-state index contributed by atoms with van der Waals surface area (Å²) in [7, 11) is 0. The molecule has 0 aromatic heterocycles. The number of carbonyl (C=O) groups is 3. The Hall–Kier alpha value is -2.85. The molecule has 1 spiro atoms. The van der Waals surface area contributed by atoms with Gasteiger partial charge in [0, 0.05) is 11.1 Å². The molecule has 9 nitrogen and oxygen atoms in total. The van der Waals surface area contributed by atoms with Gasteiger partial charge in [0.05, 0.1) is 0 Å². The van der Waals surface area contributed by atoms with Gasteiger partial charge >= 0.3 is 0 Å². The largest absolute Gasteiger partial charge is 0.467 e. The van der Waals surface area contributed by atoms with Gasteiger partial charge in [0.1, 0.15) is 18.0 Å². The first-order chi connectivity index (χ1) is 14.1. The Morgan fingerprint density at radius 3 is 2.50 bits per heavy atom. The summed E-state index contributed by atoms with van der Waals surface area (Å²) in [6.07, 6.45) is -1.98. The third kappa shape index (κ3) is 3.07. The summed E-state index contributed by atoms with van der Waals surface area (Å²) >= 11 is 0. The first-order valence-corrected chi connectivity index (χ1v) is 9.41. The monoisotopic (exact) mass is 417 g/mol. The smallest absolute Gasteiger partial charge is 0.278 e. The van der Waals surface area contributed by atoms with Crippen molar-refractivity contribution in [3.05, 3.63) is 59.4 Å². The fourth-order valence-corrected chi connectivity index (χ4v) is 3.58. The summed E-state index contributed by atoms with van der Waals surface area (Å²) in [5.74, 6) is -3.70. The lowest BCUT2D eigenvalue weighted by atomic mass is 9.85. The van der Waals surface area contributed by atoms with E-state index in [-0.39, 0.29) is 11.1 Å². The number of ether oxygens (including phenoxy) is 1. The summed E-state index contributed by atoms with van der Waals surface area (Å²) in [6, 6.07) is 7.43. The zero-order valence-electron chi connectivity index (χ0n) is 16.4. The Balaban J connectivity index is 1.95. The second-order valence-electron chi connectivity index (χ2n) is 7.25. The van der Waals surface area contributed by atoms with Crippen LogP contribution < -0.4 is 5.32 Å². The van der Waals surface area contributed by atoms with Crippen LogP contribution >= 0.6 is 0 Å². The molecular weight excluding hydrogens is 394 g/mol. The van der Waals surface area contributed by atoms with Crippen molar-refractivity contribution in [2.45, 2.75) is 49.9 Å². The lowest BCUT2D eigenvalue weighted by Gasteiger charge is -2.30. The molecule has 5 N–H and O–H groups in total. The van der Waals surface area contributed by atoms with Crippen molar-refractivity contribution < 1.29 is 39.5 Å². The van der Waals surface area contributed by atoms with Crippen molar-refractivity contribution in [1.82, 2.24) is 5.32 Å². The first-order valence-electron chi connectivity index (χ1n) is 9.41. The number of ketones is 2. The summed E-state index contributed by atoms with van der Waals surface area (Å²) in [4.78, 5) is 38.4. The fourth-order valence-electron chi connectivity index (χ4n) is 3.58. The van der Waals surface area contributed by atoms with Crippen LogP contribution in [-0.2, 0) is 14.3 Å². The number of carbonyl (C=O) groups excluding carboxylic acids is 3. The van der Waals surface area contributed by atoms with Gasteiger partial charge < -0.3 is 30.5 Å². The summed E-state index contributed by atoms with van der Waals surface area (Å²) in [5.41, 5.74) is -5.70. The number of allylic oxidation sites excluding steroid dienone is 1. The number of hydrogen-bond donors (Lipinski definition) is 5. The van der Waals surface area contributed by atoms with Crippen molar-refractivity contribution in [1.29, 1.82) is 0 Å². The molecule has 0 saturated carbocycles. The number of rotatable bonds is 6. The van der Waals surface area contributed by atoms with Gasteiger partial charge in [0.2, 0.25) is 17.3 Å². The van der Waals surface area contributed by atoms with Gasteiger partial charge in [-0.3, -0.25) is 14.4 Å².